The summed E-state index contributed by atoms with van der Waals surface area (Å²) >= 11 is 0. The maximum absolute atomic E-state index is 11.7. The van der Waals surface area contributed by atoms with E-state index in [1.165, 1.54) is 46.3 Å². The van der Waals surface area contributed by atoms with Crippen molar-refractivity contribution >= 4 is 46.3 Å². The molecule has 15 heteroatoms. The fraction of sp³-hybridized carbons (Fsp3) is 0.477. The number of unbranched alkanes of at least 4 members (excludes halogenated alkanes) is 1. The van der Waals surface area contributed by atoms with E-state index >= 15 is 0 Å². The summed E-state index contributed by atoms with van der Waals surface area (Å²) in [5.74, 6) is 2.02. The molecule has 5 aromatic rings. The molecular formula is C44H57N9O6. The van der Waals surface area contributed by atoms with Gasteiger partial charge in [-0.25, -0.2) is 24.5 Å². The number of likely N-dealkylation sites (tertiary alicyclic amines) is 1. The molecule has 5 N–H and O–H groups in total. The summed E-state index contributed by atoms with van der Waals surface area (Å²) in [5, 5.41) is 8.69. The Morgan fingerprint density at radius 2 is 1.61 bits per heavy atom. The lowest BCUT2D eigenvalue weighted by molar-refractivity contribution is -0.120. The normalized spacial score (nSPS) is 16.6. The zero-order chi connectivity index (χ0) is 41.6. The summed E-state index contributed by atoms with van der Waals surface area (Å²) in [5.41, 5.74) is 6.95. The number of methoxy groups -OCH3 is 2. The van der Waals surface area contributed by atoms with Crippen molar-refractivity contribution in [2.24, 2.45) is 5.92 Å². The molecule has 2 saturated carbocycles. The maximum Gasteiger partial charge on any atom is 0.407 e. The third-order valence-electron chi connectivity index (χ3n) is 11.3. The molecule has 2 aliphatic carbocycles. The second-order valence-corrected chi connectivity index (χ2v) is 15.4. The summed E-state index contributed by atoms with van der Waals surface area (Å²) in [7, 11) is 4.71. The number of nitrogens with one attached hydrogen (secondary N) is 5. The Labute approximate surface area is 344 Å². The van der Waals surface area contributed by atoms with Crippen LogP contribution in [0.25, 0.3) is 44.5 Å². The first kappa shape index (κ1) is 42.8. The van der Waals surface area contributed by atoms with Crippen LogP contribution in [0.15, 0.2) is 54.7 Å². The average molecular weight is 808 g/mol. The van der Waals surface area contributed by atoms with E-state index in [1.54, 1.807) is 0 Å². The van der Waals surface area contributed by atoms with Crippen LogP contribution in [-0.2, 0) is 25.5 Å². The van der Waals surface area contributed by atoms with E-state index in [2.05, 4.69) is 101 Å². The number of pyridine rings is 1. The van der Waals surface area contributed by atoms with Crippen LogP contribution in [0.1, 0.15) is 88.3 Å². The monoisotopic (exact) mass is 807 g/mol. The van der Waals surface area contributed by atoms with E-state index in [4.69, 9.17) is 9.97 Å². The molecule has 2 aromatic carbocycles. The van der Waals surface area contributed by atoms with Crippen LogP contribution in [0.3, 0.4) is 0 Å². The molecule has 0 spiro atoms. The third-order valence-corrected chi connectivity index (χ3v) is 11.3. The number of benzene rings is 2. The number of ether oxygens (including phenoxy) is 2. The molecule has 3 aliphatic rings. The van der Waals surface area contributed by atoms with E-state index in [1.807, 2.05) is 6.20 Å². The molecule has 1 saturated heterocycles. The number of carbonyl (C=O) groups is 4. The smallest absolute Gasteiger partial charge is 0.407 e. The lowest BCUT2D eigenvalue weighted by atomic mass is 9.80. The van der Waals surface area contributed by atoms with Crippen molar-refractivity contribution in [2.75, 3.05) is 40.9 Å². The van der Waals surface area contributed by atoms with Crippen molar-refractivity contribution in [2.45, 2.75) is 89.1 Å². The highest BCUT2D eigenvalue weighted by atomic mass is 16.5. The molecular weight excluding hydrogens is 751 g/mol. The highest BCUT2D eigenvalue weighted by Gasteiger charge is 2.28. The molecule has 8 rings (SSSR count). The zero-order valence-corrected chi connectivity index (χ0v) is 34.4. The van der Waals surface area contributed by atoms with Gasteiger partial charge in [0, 0.05) is 29.5 Å². The molecule has 3 aromatic heterocycles. The first-order valence-corrected chi connectivity index (χ1v) is 20.8. The summed E-state index contributed by atoms with van der Waals surface area (Å²) in [6, 6.07) is 16.7. The predicted octanol–water partition coefficient (Wildman–Crippen LogP) is 7.00. The Bertz CT molecular complexity index is 2170. The van der Waals surface area contributed by atoms with E-state index in [0.29, 0.717) is 18.5 Å². The molecule has 4 heterocycles. The largest absolute Gasteiger partial charge is 0.453 e. The third kappa shape index (κ3) is 11.9. The van der Waals surface area contributed by atoms with E-state index in [0.717, 1.165) is 114 Å². The zero-order valence-electron chi connectivity index (χ0n) is 34.4. The Balaban J connectivity index is 0.000000304. The molecule has 3 fully saturated rings. The van der Waals surface area contributed by atoms with E-state index in [-0.39, 0.29) is 18.5 Å². The number of imidazole rings is 2. The number of carbonyl (C=O) groups excluding carboxylic acids is 4. The minimum absolute atomic E-state index is 0.100. The number of aldehydes is 1. The topological polar surface area (TPSA) is 196 Å². The van der Waals surface area contributed by atoms with Gasteiger partial charge >= 0.3 is 12.2 Å². The van der Waals surface area contributed by atoms with Gasteiger partial charge in [-0.15, -0.1) is 0 Å². The molecule has 59 heavy (non-hydrogen) atoms. The fourth-order valence-electron chi connectivity index (χ4n) is 7.13. The van der Waals surface area contributed by atoms with Crippen LogP contribution < -0.4 is 16.0 Å². The number of amides is 3. The van der Waals surface area contributed by atoms with Crippen molar-refractivity contribution in [3.05, 3.63) is 66.4 Å². The molecule has 0 radical (unpaired) electrons. The van der Waals surface area contributed by atoms with Crippen molar-refractivity contribution in [3.8, 4) is 22.5 Å². The number of aryl methyl sites for hydroxylation is 1. The maximum atomic E-state index is 11.7. The second-order valence-electron chi connectivity index (χ2n) is 15.4. The lowest BCUT2D eigenvalue weighted by Crippen LogP contribution is -2.43. The van der Waals surface area contributed by atoms with Crippen LogP contribution in [0.4, 0.5) is 9.59 Å². The number of rotatable bonds is 13. The lowest BCUT2D eigenvalue weighted by Gasteiger charge is -2.30. The van der Waals surface area contributed by atoms with Gasteiger partial charge in [0.25, 0.3) is 0 Å². The van der Waals surface area contributed by atoms with Gasteiger partial charge in [0.2, 0.25) is 5.91 Å². The van der Waals surface area contributed by atoms with Crippen LogP contribution in [0.5, 0.6) is 0 Å². The van der Waals surface area contributed by atoms with Gasteiger partial charge in [-0.1, -0.05) is 50.3 Å². The Kier molecular flexibility index (Phi) is 15.4. The Morgan fingerprint density at radius 1 is 0.847 bits per heavy atom. The first-order chi connectivity index (χ1) is 28.7. The van der Waals surface area contributed by atoms with Crippen molar-refractivity contribution in [1.82, 2.24) is 45.8 Å². The first-order valence-electron chi connectivity index (χ1n) is 20.8. The number of nitrogens with zero attached hydrogens (tertiary/aromatic N) is 4. The minimum atomic E-state index is -0.624. The van der Waals surface area contributed by atoms with Crippen molar-refractivity contribution in [1.29, 1.82) is 0 Å². The Morgan fingerprint density at radius 3 is 2.29 bits per heavy atom. The summed E-state index contributed by atoms with van der Waals surface area (Å²) in [4.78, 5) is 67.7. The van der Waals surface area contributed by atoms with Crippen molar-refractivity contribution in [3.63, 3.8) is 0 Å². The van der Waals surface area contributed by atoms with Gasteiger partial charge in [0.1, 0.15) is 17.9 Å². The second kappa shape index (κ2) is 21.3. The number of H-pyrrole nitrogens is 2. The van der Waals surface area contributed by atoms with Crippen LogP contribution >= 0.6 is 0 Å². The number of aromatic amines is 2. The Hall–Kier alpha value is -5.83. The van der Waals surface area contributed by atoms with Crippen molar-refractivity contribution < 1.29 is 28.7 Å². The molecule has 2 unspecified atom stereocenters. The number of aromatic nitrogens is 5. The standard InChI is InChI=1S/C32H36N8O3.C8H13NO3.C4H8/c1-40-15-5-6-28(40)31-38-25-13-10-22(17-26(25)39-31)24-11-8-20-16-21(9-12-23(20)36-24)27-18-34-29(37-27)7-3-4-14-33-30(41)19-35-32(42)43-2;1-12-8(11)9-7(5-10)6-3-2-4-6;1-2-4-3-1/h8-13,16-18,28H,3-7,14-15,19H2,1-2H3,(H,33,41)(H,34,37)(H,35,42)(H,38,39);5-7H,2-4H2,1H3,(H,9,11);1-4H2. The molecule has 1 aliphatic heterocycles. The number of hydrogen-bond donors (Lipinski definition) is 5. The fourth-order valence-corrected chi connectivity index (χ4v) is 7.13. The molecule has 15 nitrogen and oxygen atoms in total. The number of hydrogen-bond acceptors (Lipinski definition) is 10. The summed E-state index contributed by atoms with van der Waals surface area (Å²) < 4.78 is 8.84. The minimum Gasteiger partial charge on any atom is -0.453 e. The van der Waals surface area contributed by atoms with Gasteiger partial charge in [0.05, 0.1) is 67.0 Å². The quantitative estimate of drug-likeness (QED) is 0.0610. The molecule has 314 valence electrons. The van der Waals surface area contributed by atoms with Crippen LogP contribution in [0.2, 0.25) is 0 Å². The highest BCUT2D eigenvalue weighted by Crippen LogP contribution is 2.32. The van der Waals surface area contributed by atoms with E-state index in [9.17, 15) is 19.2 Å². The SMILES string of the molecule is C1CCC1.COC(=O)NC(C=O)C1CCC1.COC(=O)NCC(=O)NCCCCc1ncc(-c2ccc3nc(-c4ccc5nc(C6CCCN6C)[nH]c5c4)ccc3c2)[nH]1. The summed E-state index contributed by atoms with van der Waals surface area (Å²) in [6.07, 6.45) is 15.5. The van der Waals surface area contributed by atoms with Crippen LogP contribution in [-0.4, -0.2) is 101 Å². The van der Waals surface area contributed by atoms with Gasteiger partial charge in [0.15, 0.2) is 0 Å². The molecule has 2 atom stereocenters. The van der Waals surface area contributed by atoms with Gasteiger partial charge < -0.3 is 40.2 Å². The summed E-state index contributed by atoms with van der Waals surface area (Å²) in [6.45, 7) is 1.54. The number of alkyl carbamates (subject to hydrolysis) is 2. The van der Waals surface area contributed by atoms with Gasteiger partial charge in [-0.3, -0.25) is 9.69 Å². The predicted molar refractivity (Wildman–Crippen MR) is 227 cm³/mol. The van der Waals surface area contributed by atoms with E-state index < -0.39 is 12.2 Å². The van der Waals surface area contributed by atoms with Gasteiger partial charge in [-0.05, 0) is 88.4 Å². The average Bonchev–Trinajstić information content (AvgIpc) is 3.97. The van der Waals surface area contributed by atoms with Gasteiger partial charge in [-0.2, -0.15) is 0 Å². The number of fused-ring (bicyclic) bond motifs is 2. The molecule has 3 amide bonds. The molecule has 0 bridgehead atoms. The van der Waals surface area contributed by atoms with Crippen LogP contribution in [0, 0.1) is 5.92 Å². The highest BCUT2D eigenvalue weighted by molar-refractivity contribution is 5.87.